The Kier molecular flexibility index (Phi) is 7.39. The SMILES string of the molecule is CCCNC(C)(CN(C)C(CC)CC)C(=O)O. The third kappa shape index (κ3) is 5.04. The molecule has 0 aliphatic heterocycles. The summed E-state index contributed by atoms with van der Waals surface area (Å²) in [6, 6.07) is 0.456. The quantitative estimate of drug-likeness (QED) is 0.651. The molecular weight excluding hydrogens is 216 g/mol. The molecule has 0 heterocycles. The summed E-state index contributed by atoms with van der Waals surface area (Å²) in [5, 5.41) is 12.5. The van der Waals surface area contributed by atoms with Crippen molar-refractivity contribution in [2.24, 2.45) is 0 Å². The monoisotopic (exact) mass is 244 g/mol. The Bertz CT molecular complexity index is 229. The van der Waals surface area contributed by atoms with Gasteiger partial charge in [-0.05, 0) is 39.8 Å². The van der Waals surface area contributed by atoms with Crippen LogP contribution in [0.3, 0.4) is 0 Å². The van der Waals surface area contributed by atoms with Gasteiger partial charge in [0.15, 0.2) is 0 Å². The maximum absolute atomic E-state index is 11.4. The Morgan fingerprint density at radius 2 is 1.88 bits per heavy atom. The molecule has 4 nitrogen and oxygen atoms in total. The number of carboxylic acid groups (broad SMARTS) is 1. The third-order valence-corrected chi connectivity index (χ3v) is 3.37. The van der Waals surface area contributed by atoms with Crippen molar-refractivity contribution in [1.82, 2.24) is 10.2 Å². The van der Waals surface area contributed by atoms with E-state index in [4.69, 9.17) is 0 Å². The highest BCUT2D eigenvalue weighted by Gasteiger charge is 2.34. The van der Waals surface area contributed by atoms with Crippen molar-refractivity contribution < 1.29 is 9.90 Å². The summed E-state index contributed by atoms with van der Waals surface area (Å²) in [6.45, 7) is 9.36. The first kappa shape index (κ1) is 16.4. The van der Waals surface area contributed by atoms with E-state index in [0.717, 1.165) is 25.8 Å². The minimum Gasteiger partial charge on any atom is -0.480 e. The third-order valence-electron chi connectivity index (χ3n) is 3.37. The van der Waals surface area contributed by atoms with E-state index in [9.17, 15) is 9.90 Å². The fraction of sp³-hybridized carbons (Fsp3) is 0.923. The molecule has 1 unspecified atom stereocenters. The molecule has 0 bridgehead atoms. The summed E-state index contributed by atoms with van der Waals surface area (Å²) in [5.74, 6) is -0.774. The summed E-state index contributed by atoms with van der Waals surface area (Å²) in [5.41, 5.74) is -0.854. The smallest absolute Gasteiger partial charge is 0.324 e. The van der Waals surface area contributed by atoms with Gasteiger partial charge in [-0.25, -0.2) is 0 Å². The van der Waals surface area contributed by atoms with E-state index in [-0.39, 0.29) is 0 Å². The van der Waals surface area contributed by atoms with E-state index in [0.29, 0.717) is 12.6 Å². The molecule has 0 radical (unpaired) electrons. The Morgan fingerprint density at radius 1 is 1.35 bits per heavy atom. The number of carboxylic acids is 1. The van der Waals surface area contributed by atoms with Crippen LogP contribution in [0.5, 0.6) is 0 Å². The van der Waals surface area contributed by atoms with Gasteiger partial charge in [-0.3, -0.25) is 4.79 Å². The number of likely N-dealkylation sites (N-methyl/N-ethyl adjacent to an activating group) is 1. The van der Waals surface area contributed by atoms with Crippen molar-refractivity contribution in [1.29, 1.82) is 0 Å². The highest BCUT2D eigenvalue weighted by molar-refractivity contribution is 5.78. The van der Waals surface area contributed by atoms with Crippen LogP contribution in [0.15, 0.2) is 0 Å². The fourth-order valence-electron chi connectivity index (χ4n) is 2.14. The topological polar surface area (TPSA) is 52.6 Å². The number of nitrogens with one attached hydrogen (secondary N) is 1. The van der Waals surface area contributed by atoms with Crippen molar-refractivity contribution in [2.45, 2.75) is 58.5 Å². The predicted octanol–water partition coefficient (Wildman–Crippen LogP) is 1.95. The van der Waals surface area contributed by atoms with Crippen LogP contribution >= 0.6 is 0 Å². The van der Waals surface area contributed by atoms with E-state index in [1.54, 1.807) is 6.92 Å². The molecule has 0 aliphatic rings. The van der Waals surface area contributed by atoms with E-state index in [2.05, 4.69) is 24.1 Å². The molecule has 2 N–H and O–H groups in total. The molecule has 1 atom stereocenters. The van der Waals surface area contributed by atoms with Gasteiger partial charge in [-0.2, -0.15) is 0 Å². The number of carbonyl (C=O) groups is 1. The lowest BCUT2D eigenvalue weighted by Crippen LogP contribution is -2.57. The summed E-state index contributed by atoms with van der Waals surface area (Å²) < 4.78 is 0. The number of rotatable bonds is 9. The van der Waals surface area contributed by atoms with Gasteiger partial charge >= 0.3 is 5.97 Å². The number of hydrogen-bond acceptors (Lipinski definition) is 3. The minimum atomic E-state index is -0.854. The van der Waals surface area contributed by atoms with Crippen LogP contribution in [0.4, 0.5) is 0 Å². The van der Waals surface area contributed by atoms with Crippen LogP contribution in [-0.2, 0) is 4.79 Å². The van der Waals surface area contributed by atoms with Crippen LogP contribution in [0.25, 0.3) is 0 Å². The van der Waals surface area contributed by atoms with Crippen molar-refractivity contribution >= 4 is 5.97 Å². The Balaban J connectivity index is 4.57. The molecule has 0 aromatic heterocycles. The Hall–Kier alpha value is -0.610. The van der Waals surface area contributed by atoms with Gasteiger partial charge in [0, 0.05) is 12.6 Å². The average molecular weight is 244 g/mol. The molecule has 0 saturated heterocycles. The first-order chi connectivity index (χ1) is 7.91. The Labute approximate surface area is 105 Å². The van der Waals surface area contributed by atoms with Crippen molar-refractivity contribution in [3.63, 3.8) is 0 Å². The van der Waals surface area contributed by atoms with Crippen molar-refractivity contribution in [3.8, 4) is 0 Å². The number of hydrogen-bond donors (Lipinski definition) is 2. The van der Waals surface area contributed by atoms with Crippen LogP contribution in [0.1, 0.15) is 47.0 Å². The minimum absolute atomic E-state index is 0.456. The molecule has 0 aliphatic carbocycles. The summed E-state index contributed by atoms with van der Waals surface area (Å²) in [4.78, 5) is 13.5. The zero-order valence-electron chi connectivity index (χ0n) is 11.9. The van der Waals surface area contributed by atoms with E-state index < -0.39 is 11.5 Å². The lowest BCUT2D eigenvalue weighted by atomic mass is 10.00. The summed E-state index contributed by atoms with van der Waals surface area (Å²) in [6.07, 6.45) is 3.05. The van der Waals surface area contributed by atoms with Crippen LogP contribution in [-0.4, -0.2) is 47.7 Å². The molecule has 102 valence electrons. The maximum atomic E-state index is 11.4. The fourth-order valence-corrected chi connectivity index (χ4v) is 2.14. The van der Waals surface area contributed by atoms with E-state index in [1.165, 1.54) is 0 Å². The van der Waals surface area contributed by atoms with Gasteiger partial charge in [-0.15, -0.1) is 0 Å². The lowest BCUT2D eigenvalue weighted by molar-refractivity contribution is -0.145. The van der Waals surface area contributed by atoms with Crippen LogP contribution < -0.4 is 5.32 Å². The zero-order valence-corrected chi connectivity index (χ0v) is 11.9. The lowest BCUT2D eigenvalue weighted by Gasteiger charge is -2.35. The number of nitrogens with zero attached hydrogens (tertiary/aromatic N) is 1. The molecule has 4 heteroatoms. The first-order valence-corrected chi connectivity index (χ1v) is 6.59. The van der Waals surface area contributed by atoms with Gasteiger partial charge in [0.2, 0.25) is 0 Å². The second-order valence-electron chi connectivity index (χ2n) is 4.95. The largest absolute Gasteiger partial charge is 0.480 e. The Morgan fingerprint density at radius 3 is 2.24 bits per heavy atom. The van der Waals surface area contributed by atoms with Crippen molar-refractivity contribution in [3.05, 3.63) is 0 Å². The zero-order chi connectivity index (χ0) is 13.5. The highest BCUT2D eigenvalue weighted by Crippen LogP contribution is 2.12. The van der Waals surface area contributed by atoms with Crippen molar-refractivity contribution in [2.75, 3.05) is 20.1 Å². The predicted molar refractivity (Wildman–Crippen MR) is 71.3 cm³/mol. The number of aliphatic carboxylic acids is 1. The van der Waals surface area contributed by atoms with E-state index in [1.807, 2.05) is 14.0 Å². The van der Waals surface area contributed by atoms with Gasteiger partial charge < -0.3 is 15.3 Å². The maximum Gasteiger partial charge on any atom is 0.324 e. The molecule has 0 saturated carbocycles. The molecule has 0 rings (SSSR count). The summed E-state index contributed by atoms with van der Waals surface area (Å²) in [7, 11) is 2.01. The van der Waals surface area contributed by atoms with E-state index >= 15 is 0 Å². The van der Waals surface area contributed by atoms with Gasteiger partial charge in [-0.1, -0.05) is 20.8 Å². The van der Waals surface area contributed by atoms with Gasteiger partial charge in [0.1, 0.15) is 5.54 Å². The first-order valence-electron chi connectivity index (χ1n) is 6.59. The molecule has 0 aromatic carbocycles. The second kappa shape index (κ2) is 7.67. The molecule has 0 fully saturated rings. The second-order valence-corrected chi connectivity index (χ2v) is 4.95. The molecule has 0 aromatic rings. The molecule has 0 spiro atoms. The standard InChI is InChI=1S/C13H28N2O2/c1-6-9-14-13(4,12(16)17)10-15(5)11(7-2)8-3/h11,14H,6-10H2,1-5H3,(H,16,17). The highest BCUT2D eigenvalue weighted by atomic mass is 16.4. The van der Waals surface area contributed by atoms with Gasteiger partial charge in [0.05, 0.1) is 0 Å². The van der Waals surface area contributed by atoms with Crippen LogP contribution in [0.2, 0.25) is 0 Å². The summed E-state index contributed by atoms with van der Waals surface area (Å²) >= 11 is 0. The average Bonchev–Trinajstić information content (AvgIpc) is 2.27. The molecule has 17 heavy (non-hydrogen) atoms. The molecule has 0 amide bonds. The van der Waals surface area contributed by atoms with Gasteiger partial charge in [0.25, 0.3) is 0 Å². The molecular formula is C13H28N2O2. The normalized spacial score (nSPS) is 15.2. The van der Waals surface area contributed by atoms with Crippen LogP contribution in [0, 0.1) is 0 Å².